The van der Waals surface area contributed by atoms with Gasteiger partial charge in [-0.05, 0) is 57.4 Å². The molecule has 0 heterocycles. The maximum absolute atomic E-state index is 12.7. The summed E-state index contributed by atoms with van der Waals surface area (Å²) in [7, 11) is 1.64. The minimum absolute atomic E-state index is 0.0485. The molecule has 0 rings (SSSR count). The summed E-state index contributed by atoms with van der Waals surface area (Å²) in [5.74, 6) is -0.338. The molecule has 0 fully saturated rings. The van der Waals surface area contributed by atoms with E-state index in [-0.39, 0.29) is 25.8 Å². The number of allylic oxidation sites excluding steroid dienone is 5. The van der Waals surface area contributed by atoms with Gasteiger partial charge in [-0.15, -0.1) is 0 Å². The highest BCUT2D eigenvalue weighted by molar-refractivity contribution is 7.47. The van der Waals surface area contributed by atoms with E-state index in [1.54, 1.807) is 6.26 Å². The molecular weight excluding hydrogens is 758 g/mol. The molecule has 2 atom stereocenters. The lowest BCUT2D eigenvalue weighted by atomic mass is 10.0. The van der Waals surface area contributed by atoms with Crippen LogP contribution in [0.25, 0.3) is 0 Å². The SMILES string of the molecule is CCCCC/C=C\C/C=C\CCCCCCCCCCCC(=O)O[C@H](CO/C=C\CCCCCCCCCCCCCCCCCC)COP(=O)(O)OCC[N+](C)(C)C. The van der Waals surface area contributed by atoms with Crippen molar-refractivity contribution in [1.82, 2.24) is 0 Å². The molecule has 0 aliphatic carbocycles. The zero-order valence-corrected chi connectivity index (χ0v) is 40.4. The van der Waals surface area contributed by atoms with E-state index in [9.17, 15) is 14.3 Å². The fourth-order valence-electron chi connectivity index (χ4n) is 6.90. The number of esters is 1. The molecule has 0 aliphatic heterocycles. The second-order valence-corrected chi connectivity index (χ2v) is 19.4. The van der Waals surface area contributed by atoms with Crippen molar-refractivity contribution >= 4 is 13.8 Å². The number of unbranched alkanes of at least 4 members (excludes halogenated alkanes) is 28. The molecule has 0 radical (unpaired) electrons. The molecule has 0 aliphatic rings. The Kier molecular flexibility index (Phi) is 42.2. The maximum Gasteiger partial charge on any atom is 0.472 e. The lowest BCUT2D eigenvalue weighted by molar-refractivity contribution is -0.870. The van der Waals surface area contributed by atoms with Gasteiger partial charge in [0.05, 0.1) is 34.0 Å². The Hall–Kier alpha value is -1.44. The van der Waals surface area contributed by atoms with Crippen LogP contribution in [0.2, 0.25) is 0 Å². The standard InChI is InChI=1S/C50H96NO7P/c1-6-8-10-12-14-16-18-20-22-24-26-27-29-31-33-35-37-39-41-43-50(52)58-49(48-57-59(53,54)56-46-44-51(3,4)5)47-55-45-42-40-38-36-34-32-30-28-25-23-21-19-17-15-13-11-9-7-2/h14,16,20,22,42,45,49H,6-13,15,17-19,21,23-41,43-44,46-48H2,1-5H3/p+1/b16-14-,22-20-,45-42-/t49-/m1/s1. The number of phosphoric ester groups is 1. The minimum atomic E-state index is -4.29. The Bertz CT molecular complexity index is 1040. The lowest BCUT2D eigenvalue weighted by Crippen LogP contribution is -2.37. The summed E-state index contributed by atoms with van der Waals surface area (Å²) in [6.45, 7) is 4.93. The molecule has 0 saturated carbocycles. The van der Waals surface area contributed by atoms with Crippen LogP contribution in [-0.4, -0.2) is 69.0 Å². The van der Waals surface area contributed by atoms with Crippen molar-refractivity contribution in [3.8, 4) is 0 Å². The third-order valence-corrected chi connectivity index (χ3v) is 11.8. The molecular formula is C50H97NO7P+. The van der Waals surface area contributed by atoms with Gasteiger partial charge in [-0.2, -0.15) is 0 Å². The van der Waals surface area contributed by atoms with Gasteiger partial charge in [0.15, 0.2) is 6.10 Å². The van der Waals surface area contributed by atoms with E-state index in [1.807, 2.05) is 27.2 Å². The summed E-state index contributed by atoms with van der Waals surface area (Å²) in [6, 6.07) is 0. The van der Waals surface area contributed by atoms with Crippen molar-refractivity contribution in [3.63, 3.8) is 0 Å². The summed E-state index contributed by atoms with van der Waals surface area (Å²) in [5.41, 5.74) is 0. The van der Waals surface area contributed by atoms with Gasteiger partial charge in [0.25, 0.3) is 0 Å². The number of carbonyl (C=O) groups excluding carboxylic acids is 1. The van der Waals surface area contributed by atoms with Crippen LogP contribution in [0.3, 0.4) is 0 Å². The first-order chi connectivity index (χ1) is 28.6. The predicted molar refractivity (Wildman–Crippen MR) is 252 cm³/mol. The molecule has 1 N–H and O–H groups in total. The van der Waals surface area contributed by atoms with Crippen LogP contribution in [0.4, 0.5) is 0 Å². The van der Waals surface area contributed by atoms with Crippen LogP contribution in [0, 0.1) is 0 Å². The second-order valence-electron chi connectivity index (χ2n) is 17.9. The molecule has 0 spiro atoms. The van der Waals surface area contributed by atoms with Gasteiger partial charge in [0, 0.05) is 6.42 Å². The fourth-order valence-corrected chi connectivity index (χ4v) is 7.64. The number of quaternary nitrogens is 1. The minimum Gasteiger partial charge on any atom is -0.498 e. The normalized spacial score (nSPS) is 13.9. The molecule has 348 valence electrons. The van der Waals surface area contributed by atoms with E-state index in [0.29, 0.717) is 17.4 Å². The Labute approximate surface area is 365 Å². The van der Waals surface area contributed by atoms with Gasteiger partial charge in [-0.1, -0.05) is 192 Å². The average Bonchev–Trinajstić information content (AvgIpc) is 3.19. The number of carbonyl (C=O) groups is 1. The van der Waals surface area contributed by atoms with Crippen molar-refractivity contribution < 1.29 is 37.3 Å². The maximum atomic E-state index is 12.7. The number of hydrogen-bond acceptors (Lipinski definition) is 6. The zero-order chi connectivity index (χ0) is 43.4. The summed E-state index contributed by atoms with van der Waals surface area (Å²) in [6.07, 6.45) is 52.8. The van der Waals surface area contributed by atoms with Gasteiger partial charge in [0.2, 0.25) is 0 Å². The fraction of sp³-hybridized carbons (Fsp3) is 0.860. The number of hydrogen-bond donors (Lipinski definition) is 1. The van der Waals surface area contributed by atoms with Crippen LogP contribution in [0.1, 0.15) is 226 Å². The highest BCUT2D eigenvalue weighted by Crippen LogP contribution is 2.43. The largest absolute Gasteiger partial charge is 0.498 e. The van der Waals surface area contributed by atoms with Crippen molar-refractivity contribution in [1.29, 1.82) is 0 Å². The number of likely N-dealkylation sites (N-methyl/N-ethyl adjacent to an activating group) is 1. The van der Waals surface area contributed by atoms with Gasteiger partial charge in [-0.25, -0.2) is 4.57 Å². The molecule has 8 nitrogen and oxygen atoms in total. The topological polar surface area (TPSA) is 91.3 Å². The molecule has 9 heteroatoms. The Morgan fingerprint density at radius 2 is 0.949 bits per heavy atom. The second kappa shape index (κ2) is 43.2. The summed E-state index contributed by atoms with van der Waals surface area (Å²) < 4.78 is 34.9. The highest BCUT2D eigenvalue weighted by Gasteiger charge is 2.26. The van der Waals surface area contributed by atoms with Gasteiger partial charge < -0.3 is 18.9 Å². The Morgan fingerprint density at radius 1 is 0.542 bits per heavy atom. The zero-order valence-electron chi connectivity index (χ0n) is 39.5. The van der Waals surface area contributed by atoms with E-state index in [1.165, 1.54) is 167 Å². The molecule has 0 bridgehead atoms. The van der Waals surface area contributed by atoms with Crippen LogP contribution in [0.15, 0.2) is 36.6 Å². The third-order valence-electron chi connectivity index (χ3n) is 10.8. The molecule has 59 heavy (non-hydrogen) atoms. The predicted octanol–water partition coefficient (Wildman–Crippen LogP) is 15.3. The first kappa shape index (κ1) is 57.6. The summed E-state index contributed by atoms with van der Waals surface area (Å²) in [5, 5.41) is 0. The van der Waals surface area contributed by atoms with Crippen LogP contribution in [-0.2, 0) is 27.9 Å². The van der Waals surface area contributed by atoms with Gasteiger partial charge in [0.1, 0.15) is 19.8 Å². The van der Waals surface area contributed by atoms with Crippen LogP contribution in [0.5, 0.6) is 0 Å². The van der Waals surface area contributed by atoms with Gasteiger partial charge in [-0.3, -0.25) is 13.8 Å². The first-order valence-electron chi connectivity index (χ1n) is 24.8. The lowest BCUT2D eigenvalue weighted by Gasteiger charge is -2.24. The van der Waals surface area contributed by atoms with Gasteiger partial charge >= 0.3 is 13.8 Å². The smallest absolute Gasteiger partial charge is 0.472 e. The molecule has 0 aromatic carbocycles. The Balaban J connectivity index is 4.20. The van der Waals surface area contributed by atoms with Crippen molar-refractivity contribution in [2.24, 2.45) is 0 Å². The molecule has 0 aromatic heterocycles. The number of ether oxygens (including phenoxy) is 2. The highest BCUT2D eigenvalue weighted by atomic mass is 31.2. The van der Waals surface area contributed by atoms with Crippen molar-refractivity contribution in [3.05, 3.63) is 36.6 Å². The van der Waals surface area contributed by atoms with E-state index in [4.69, 9.17) is 18.5 Å². The van der Waals surface area contributed by atoms with E-state index >= 15 is 0 Å². The monoisotopic (exact) mass is 855 g/mol. The summed E-state index contributed by atoms with van der Waals surface area (Å²) >= 11 is 0. The quantitative estimate of drug-likeness (QED) is 0.0163. The molecule has 1 unspecified atom stereocenters. The van der Waals surface area contributed by atoms with Crippen LogP contribution < -0.4 is 0 Å². The number of nitrogens with zero attached hydrogens (tertiary/aromatic N) is 1. The summed E-state index contributed by atoms with van der Waals surface area (Å²) in [4.78, 5) is 22.9. The van der Waals surface area contributed by atoms with Crippen molar-refractivity contribution in [2.45, 2.75) is 232 Å². The third kappa shape index (κ3) is 47.5. The van der Waals surface area contributed by atoms with E-state index in [0.717, 1.165) is 38.5 Å². The number of rotatable bonds is 46. The first-order valence-corrected chi connectivity index (χ1v) is 26.3. The van der Waals surface area contributed by atoms with E-state index < -0.39 is 13.9 Å². The molecule has 0 aromatic rings. The number of phosphoric acid groups is 1. The van der Waals surface area contributed by atoms with Crippen molar-refractivity contribution in [2.75, 3.05) is 47.5 Å². The molecule has 0 amide bonds. The Morgan fingerprint density at radius 3 is 1.42 bits per heavy atom. The average molecular weight is 855 g/mol. The van der Waals surface area contributed by atoms with Crippen LogP contribution >= 0.6 is 7.82 Å². The molecule has 0 saturated heterocycles. The van der Waals surface area contributed by atoms with E-state index in [2.05, 4.69) is 38.2 Å².